The first kappa shape index (κ1) is 10.9. The molecule has 0 N–H and O–H groups in total. The van der Waals surface area contributed by atoms with Gasteiger partial charge in [-0.15, -0.1) is 0 Å². The molecule has 0 aliphatic rings. The molecule has 3 heteroatoms. The Labute approximate surface area is 68.3 Å². The second-order valence-corrected chi connectivity index (χ2v) is 2.43. The summed E-state index contributed by atoms with van der Waals surface area (Å²) in [5.41, 5.74) is 0. The molecule has 0 spiro atoms. The van der Waals surface area contributed by atoms with Crippen LogP contribution in [-0.2, 0) is 14.6 Å². The fraction of sp³-hybridized carbons (Fsp3) is 1.00. The predicted molar refractivity (Wildman–Crippen MR) is 41.8 cm³/mol. The SMILES string of the molecule is COCOCCCCCC[O]. The van der Waals surface area contributed by atoms with Crippen molar-refractivity contribution in [3.05, 3.63) is 0 Å². The van der Waals surface area contributed by atoms with Crippen molar-refractivity contribution < 1.29 is 14.6 Å². The Balaban J connectivity index is 2.69. The Morgan fingerprint density at radius 3 is 2.45 bits per heavy atom. The van der Waals surface area contributed by atoms with Crippen molar-refractivity contribution >= 4 is 0 Å². The number of unbranched alkanes of at least 4 members (excludes halogenated alkanes) is 3. The van der Waals surface area contributed by atoms with Crippen molar-refractivity contribution in [2.75, 3.05) is 27.1 Å². The van der Waals surface area contributed by atoms with Crippen LogP contribution in [0, 0.1) is 0 Å². The zero-order chi connectivity index (χ0) is 8.36. The van der Waals surface area contributed by atoms with E-state index in [1.54, 1.807) is 7.11 Å². The fourth-order valence-corrected chi connectivity index (χ4v) is 0.802. The second kappa shape index (κ2) is 9.88. The molecule has 0 fully saturated rings. The van der Waals surface area contributed by atoms with Crippen molar-refractivity contribution in [3.8, 4) is 0 Å². The summed E-state index contributed by atoms with van der Waals surface area (Å²) < 4.78 is 9.76. The topological polar surface area (TPSA) is 38.4 Å². The Kier molecular flexibility index (Phi) is 9.77. The normalized spacial score (nSPS) is 10.4. The van der Waals surface area contributed by atoms with Crippen LogP contribution in [0.15, 0.2) is 0 Å². The Hall–Kier alpha value is -0.120. The first-order chi connectivity index (χ1) is 5.41. The Morgan fingerprint density at radius 1 is 1.09 bits per heavy atom. The molecule has 0 saturated carbocycles. The molecule has 0 atom stereocenters. The molecule has 0 unspecified atom stereocenters. The third-order valence-corrected chi connectivity index (χ3v) is 1.38. The number of hydrogen-bond acceptors (Lipinski definition) is 2. The van der Waals surface area contributed by atoms with Crippen LogP contribution in [0.25, 0.3) is 0 Å². The zero-order valence-electron chi connectivity index (χ0n) is 7.17. The summed E-state index contributed by atoms with van der Waals surface area (Å²) in [7, 11) is 1.61. The van der Waals surface area contributed by atoms with Gasteiger partial charge < -0.3 is 9.47 Å². The number of ether oxygens (including phenoxy) is 2. The van der Waals surface area contributed by atoms with Crippen LogP contribution in [-0.4, -0.2) is 27.1 Å². The predicted octanol–water partition coefficient (Wildman–Crippen LogP) is 1.60. The van der Waals surface area contributed by atoms with Gasteiger partial charge in [0.1, 0.15) is 6.79 Å². The van der Waals surface area contributed by atoms with E-state index < -0.39 is 0 Å². The van der Waals surface area contributed by atoms with E-state index in [1.807, 2.05) is 0 Å². The minimum Gasteiger partial charge on any atom is -0.359 e. The smallest absolute Gasteiger partial charge is 0.146 e. The van der Waals surface area contributed by atoms with Gasteiger partial charge in [0.25, 0.3) is 0 Å². The summed E-state index contributed by atoms with van der Waals surface area (Å²) in [6.45, 7) is 1.17. The van der Waals surface area contributed by atoms with Gasteiger partial charge in [0.15, 0.2) is 0 Å². The van der Waals surface area contributed by atoms with Crippen molar-refractivity contribution in [3.63, 3.8) is 0 Å². The standard InChI is InChI=1S/C8H17O3/c1-10-8-11-7-5-3-2-4-6-9/h2-8H2,1H3. The summed E-state index contributed by atoms with van der Waals surface area (Å²) >= 11 is 0. The van der Waals surface area contributed by atoms with Gasteiger partial charge in [-0.1, -0.05) is 12.8 Å². The molecular formula is C8H17O3. The Morgan fingerprint density at radius 2 is 1.82 bits per heavy atom. The average molecular weight is 161 g/mol. The molecule has 0 aliphatic heterocycles. The molecular weight excluding hydrogens is 144 g/mol. The molecule has 0 aliphatic carbocycles. The van der Waals surface area contributed by atoms with Crippen molar-refractivity contribution in [2.45, 2.75) is 25.7 Å². The highest BCUT2D eigenvalue weighted by atomic mass is 16.7. The van der Waals surface area contributed by atoms with Crippen LogP contribution < -0.4 is 0 Å². The highest BCUT2D eigenvalue weighted by Crippen LogP contribution is 1.98. The van der Waals surface area contributed by atoms with E-state index in [-0.39, 0.29) is 6.61 Å². The molecule has 0 saturated heterocycles. The van der Waals surface area contributed by atoms with Crippen LogP contribution in [0.5, 0.6) is 0 Å². The van der Waals surface area contributed by atoms with Crippen molar-refractivity contribution in [1.82, 2.24) is 0 Å². The van der Waals surface area contributed by atoms with E-state index in [2.05, 4.69) is 0 Å². The molecule has 0 amide bonds. The molecule has 0 rings (SSSR count). The van der Waals surface area contributed by atoms with Gasteiger partial charge in [0.05, 0.1) is 6.61 Å². The molecule has 0 heterocycles. The molecule has 3 nitrogen and oxygen atoms in total. The minimum atomic E-state index is 0.0545. The second-order valence-electron chi connectivity index (χ2n) is 2.43. The maximum absolute atomic E-state index is 10.0. The third kappa shape index (κ3) is 9.88. The summed E-state index contributed by atoms with van der Waals surface area (Å²) in [4.78, 5) is 0. The first-order valence-electron chi connectivity index (χ1n) is 4.06. The van der Waals surface area contributed by atoms with E-state index in [4.69, 9.17) is 9.47 Å². The number of rotatable bonds is 8. The molecule has 0 aromatic carbocycles. The highest BCUT2D eigenvalue weighted by molar-refractivity contribution is 4.40. The summed E-state index contributed by atoms with van der Waals surface area (Å²) in [6.07, 6.45) is 3.94. The molecule has 67 valence electrons. The zero-order valence-corrected chi connectivity index (χ0v) is 7.17. The van der Waals surface area contributed by atoms with Crippen LogP contribution in [0.3, 0.4) is 0 Å². The van der Waals surface area contributed by atoms with Gasteiger partial charge in [-0.25, -0.2) is 5.11 Å². The van der Waals surface area contributed by atoms with Gasteiger partial charge in [-0.3, -0.25) is 0 Å². The maximum Gasteiger partial charge on any atom is 0.146 e. The molecule has 0 aromatic rings. The monoisotopic (exact) mass is 161 g/mol. The minimum absolute atomic E-state index is 0.0545. The lowest BCUT2D eigenvalue weighted by Crippen LogP contribution is -1.98. The summed E-state index contributed by atoms with van der Waals surface area (Å²) in [6, 6.07) is 0. The largest absolute Gasteiger partial charge is 0.359 e. The fourth-order valence-electron chi connectivity index (χ4n) is 0.802. The molecule has 1 radical (unpaired) electrons. The lowest BCUT2D eigenvalue weighted by molar-refractivity contribution is -0.0316. The van der Waals surface area contributed by atoms with Gasteiger partial charge in [0.2, 0.25) is 0 Å². The lowest BCUT2D eigenvalue weighted by atomic mass is 10.2. The van der Waals surface area contributed by atoms with Gasteiger partial charge >= 0.3 is 0 Å². The van der Waals surface area contributed by atoms with Crippen LogP contribution in [0.1, 0.15) is 25.7 Å². The van der Waals surface area contributed by atoms with Crippen molar-refractivity contribution in [1.29, 1.82) is 0 Å². The van der Waals surface area contributed by atoms with Gasteiger partial charge in [-0.05, 0) is 12.8 Å². The van der Waals surface area contributed by atoms with Crippen molar-refractivity contribution in [2.24, 2.45) is 0 Å². The third-order valence-electron chi connectivity index (χ3n) is 1.38. The average Bonchev–Trinajstić information content (AvgIpc) is 2.03. The highest BCUT2D eigenvalue weighted by Gasteiger charge is 1.89. The quantitative estimate of drug-likeness (QED) is 0.400. The van der Waals surface area contributed by atoms with Crippen LogP contribution >= 0.6 is 0 Å². The van der Waals surface area contributed by atoms with E-state index in [0.717, 1.165) is 32.3 Å². The maximum atomic E-state index is 10.0. The lowest BCUT2D eigenvalue weighted by Gasteiger charge is -2.01. The number of methoxy groups -OCH3 is 1. The molecule has 11 heavy (non-hydrogen) atoms. The van der Waals surface area contributed by atoms with Crippen LogP contribution in [0.4, 0.5) is 0 Å². The molecule has 0 aromatic heterocycles. The van der Waals surface area contributed by atoms with E-state index in [0.29, 0.717) is 6.79 Å². The van der Waals surface area contributed by atoms with E-state index in [9.17, 15) is 5.11 Å². The number of hydrogen-bond donors (Lipinski definition) is 0. The first-order valence-corrected chi connectivity index (χ1v) is 4.06. The van der Waals surface area contributed by atoms with Gasteiger partial charge in [0, 0.05) is 13.7 Å². The van der Waals surface area contributed by atoms with E-state index in [1.165, 1.54) is 0 Å². The molecule has 0 bridgehead atoms. The summed E-state index contributed by atoms with van der Waals surface area (Å²) in [5.74, 6) is 0. The summed E-state index contributed by atoms with van der Waals surface area (Å²) in [5, 5.41) is 10.0. The Bertz CT molecular complexity index is 58.4. The van der Waals surface area contributed by atoms with Gasteiger partial charge in [-0.2, -0.15) is 0 Å². The van der Waals surface area contributed by atoms with E-state index >= 15 is 0 Å². The van der Waals surface area contributed by atoms with Crippen LogP contribution in [0.2, 0.25) is 0 Å².